The van der Waals surface area contributed by atoms with Crippen LogP contribution in [0.15, 0.2) is 423 Å². The van der Waals surface area contributed by atoms with Gasteiger partial charge < -0.3 is 19.1 Å². The van der Waals surface area contributed by atoms with Crippen LogP contribution in [0.3, 0.4) is 0 Å². The number of benzene rings is 21. The number of fused-ring (bicyclic) bond motifs is 29. The van der Waals surface area contributed by atoms with Crippen LogP contribution in [0.1, 0.15) is 191 Å². The van der Waals surface area contributed by atoms with Crippen LogP contribution in [0.4, 0.5) is 51.2 Å². The quantitative estimate of drug-likeness (QED) is 0.144. The molecule has 0 fully saturated rings. The number of rotatable bonds is 9. The molecule has 0 saturated carbocycles. The molecule has 6 aliphatic rings. The average Bonchev–Trinajstić information content (AvgIpc) is 1.52. The van der Waals surface area contributed by atoms with Crippen molar-refractivity contribution in [1.82, 2.24) is 0 Å². The molecule has 0 radical (unpaired) electrons. The highest BCUT2D eigenvalue weighted by molar-refractivity contribution is 7.25. The van der Waals surface area contributed by atoms with Crippen molar-refractivity contribution in [3.8, 4) is 66.8 Å². The highest BCUT2D eigenvalue weighted by atomic mass is 32.1. The Morgan fingerprint density at radius 2 is 0.447 bits per heavy atom. The van der Waals surface area contributed by atoms with E-state index in [0.717, 1.165) is 44.7 Å². The predicted molar refractivity (Wildman–Crippen MR) is 641 cm³/mol. The Bertz CT molecular complexity index is 9670. The van der Waals surface area contributed by atoms with Gasteiger partial charge in [0.15, 0.2) is 0 Å². The Labute approximate surface area is 885 Å². The van der Waals surface area contributed by atoms with Crippen molar-refractivity contribution in [1.29, 1.82) is 0 Å². The lowest BCUT2D eigenvalue weighted by atomic mass is 9.55. The molecular weight excluding hydrogens is 1830 g/mol. The van der Waals surface area contributed by atoms with Crippen molar-refractivity contribution in [3.63, 3.8) is 0 Å². The summed E-state index contributed by atoms with van der Waals surface area (Å²) in [5.41, 5.74) is 44.6. The molecule has 0 spiro atoms. The number of hydrogen-bond acceptors (Lipinski definition) is 5. The van der Waals surface area contributed by atoms with Gasteiger partial charge in [-0.15, -0.1) is 11.3 Å². The second kappa shape index (κ2) is 33.0. The zero-order chi connectivity index (χ0) is 103. The van der Waals surface area contributed by atoms with Gasteiger partial charge in [-0.3, -0.25) is 0 Å². The Balaban J connectivity index is 0.000000111. The van der Waals surface area contributed by atoms with Crippen LogP contribution in [0.25, 0.3) is 152 Å². The third-order valence-corrected chi connectivity index (χ3v) is 38.9. The molecule has 2 heterocycles. The highest BCUT2D eigenvalue weighted by Gasteiger charge is 2.51. The van der Waals surface area contributed by atoms with E-state index < -0.39 is 0 Å². The number of thiophene rings is 1. The van der Waals surface area contributed by atoms with Crippen LogP contribution in [0, 0.1) is 0 Å². The molecule has 4 nitrogen and oxygen atoms in total. The maximum atomic E-state index is 6.47. The first-order valence-electron chi connectivity index (χ1n) is 53.6. The smallest absolute Gasteiger partial charge is 0.137 e. The first kappa shape index (κ1) is 92.7. The highest BCUT2D eigenvalue weighted by Crippen LogP contribution is 2.63. The number of anilines is 9. The van der Waals surface area contributed by atoms with Gasteiger partial charge in [0, 0.05) is 104 Å². The van der Waals surface area contributed by atoms with E-state index in [2.05, 4.69) is 552 Å². The van der Waals surface area contributed by atoms with E-state index in [4.69, 9.17) is 4.42 Å². The van der Waals surface area contributed by atoms with E-state index in [0.29, 0.717) is 0 Å². The topological polar surface area (TPSA) is 22.9 Å². The fourth-order valence-electron chi connectivity index (χ4n) is 27.3. The number of nitrogens with zero attached hydrogens (tertiary/aromatic N) is 3. The summed E-state index contributed by atoms with van der Waals surface area (Å²) >= 11 is 1.88. The van der Waals surface area contributed by atoms with Crippen molar-refractivity contribution in [2.24, 2.45) is 0 Å². The molecule has 0 bridgehead atoms. The number of hydrogen-bond donors (Lipinski definition) is 0. The van der Waals surface area contributed by atoms with Crippen molar-refractivity contribution >= 4 is 148 Å². The van der Waals surface area contributed by atoms with E-state index in [9.17, 15) is 0 Å². The Morgan fingerprint density at radius 3 is 0.927 bits per heavy atom. The van der Waals surface area contributed by atoms with Crippen LogP contribution < -0.4 is 14.7 Å². The van der Waals surface area contributed by atoms with Crippen LogP contribution in [0.5, 0.6) is 0 Å². The molecule has 23 aromatic rings. The third-order valence-electron chi connectivity index (χ3n) is 37.7. The van der Waals surface area contributed by atoms with Gasteiger partial charge in [-0.2, -0.15) is 0 Å². The maximum absolute atomic E-state index is 6.47. The first-order valence-corrected chi connectivity index (χ1v) is 54.5. The summed E-state index contributed by atoms with van der Waals surface area (Å²) in [4.78, 5) is 7.39. The van der Waals surface area contributed by atoms with Crippen molar-refractivity contribution in [3.05, 3.63) is 485 Å². The minimum atomic E-state index is -0.165. The van der Waals surface area contributed by atoms with Gasteiger partial charge in [-0.05, 0) is 355 Å². The molecule has 0 amide bonds. The van der Waals surface area contributed by atoms with Crippen molar-refractivity contribution in [2.75, 3.05) is 14.7 Å². The Kier molecular flexibility index (Phi) is 20.4. The Hall–Kier alpha value is -15.9. The zero-order valence-electron chi connectivity index (χ0n) is 89.0. The Morgan fingerprint density at radius 1 is 0.160 bits per heavy atom. The lowest BCUT2D eigenvalue weighted by Crippen LogP contribution is -2.43. The van der Waals surface area contributed by atoms with E-state index in [1.54, 1.807) is 0 Å². The standard InChI is InChI=1S/C49H41NO.C49H41NS.C47H41N/c1-47(2)42-27-31(21-25-37(42)40-23-19-30-13-7-8-14-34(30)46(40)47)50(33-22-26-39-38-16-10-12-18-44(38)51-45(39)29-33)32-20-24-36-35-15-9-11-17-41(35)48(3,4)49(5,6)43(36)28-32;1-47(2)41-16-10-7-14-36(41)40-26-30-19-20-32(25-31(30)27-43(40)47)50(34-22-24-39-38-15-9-12-18-45(38)51-46(39)29-34)33-21-23-37-35-13-8-11-17-42(35)48(3,4)49(5,6)44(37)28-33;1-45(2)41-17-11-9-16-38(41)40-27-32-20-22-35(26-33(32)28-43(40)45)48(34-21-19-30-13-7-8-14-31(30)25-34)36-23-24-39-37-15-10-12-18-42(37)46(3,4)47(5,6)44(39)29-36/h2*7-29H,1-6H3;7-29H,1-6H3. The molecule has 0 saturated heterocycles. The van der Waals surface area contributed by atoms with E-state index in [-0.39, 0.29) is 48.7 Å². The molecular formula is C145H123N3OS. The van der Waals surface area contributed by atoms with Gasteiger partial charge in [0.2, 0.25) is 0 Å². The largest absolute Gasteiger partial charge is 0.456 e. The van der Waals surface area contributed by atoms with Crippen LogP contribution in [-0.2, 0) is 48.7 Å². The van der Waals surface area contributed by atoms with Gasteiger partial charge in [0.05, 0.1) is 0 Å². The fraction of sp³-hybridized carbons (Fsp3) is 0.186. The van der Waals surface area contributed by atoms with Gasteiger partial charge in [0.1, 0.15) is 11.2 Å². The molecule has 0 aliphatic heterocycles. The molecule has 21 aromatic carbocycles. The molecule has 0 atom stereocenters. The van der Waals surface area contributed by atoms with Crippen LogP contribution in [0.2, 0.25) is 0 Å². The summed E-state index contributed by atoms with van der Waals surface area (Å²) in [5.74, 6) is 0. The summed E-state index contributed by atoms with van der Waals surface area (Å²) < 4.78 is 9.11. The van der Waals surface area contributed by atoms with Gasteiger partial charge in [-0.1, -0.05) is 392 Å². The molecule has 0 N–H and O–H groups in total. The molecule has 150 heavy (non-hydrogen) atoms. The second-order valence-electron chi connectivity index (χ2n) is 47.9. The second-order valence-corrected chi connectivity index (χ2v) is 49.0. The summed E-state index contributed by atoms with van der Waals surface area (Å²) in [7, 11) is 0. The molecule has 29 rings (SSSR count). The lowest BCUT2D eigenvalue weighted by molar-refractivity contribution is 0.299. The zero-order valence-corrected chi connectivity index (χ0v) is 89.8. The van der Waals surface area contributed by atoms with Crippen molar-refractivity contribution in [2.45, 2.75) is 173 Å². The minimum Gasteiger partial charge on any atom is -0.456 e. The van der Waals surface area contributed by atoms with Gasteiger partial charge >= 0.3 is 0 Å². The predicted octanol–water partition coefficient (Wildman–Crippen LogP) is 41.0. The van der Waals surface area contributed by atoms with Crippen LogP contribution in [-0.4, -0.2) is 0 Å². The van der Waals surface area contributed by atoms with E-state index in [1.165, 1.54) is 225 Å². The molecule has 5 heteroatoms. The summed E-state index contributed by atoms with van der Waals surface area (Å²) in [5, 5.41) is 15.1. The van der Waals surface area contributed by atoms with E-state index >= 15 is 0 Å². The SMILES string of the molecule is CC1(C)c2cc(N(c3ccc4c(c3)C(C)(C)C(C)(C)c3ccccc3-4)c3ccc4c(c3)oc3ccccc34)ccc2-c2ccc3ccccc3c21.CC1(C)c2ccccc2-c2cc3ccc(N(c4ccc5c(c4)C(C)(C)C(C)(C)c4ccccc4-5)c4ccc5c(c4)sc4ccccc45)cc3cc21.CC1(C)c2ccccc2-c2cc3ccc(N(c4ccc5c(c4)C(C)(C)C(C)(C)c4ccccc4-5)c4ccc5ccccc5c4)cc3cc21. The summed E-state index contributed by atoms with van der Waals surface area (Å²) in [6, 6.07) is 157. The third kappa shape index (κ3) is 13.6. The number of furan rings is 1. The van der Waals surface area contributed by atoms with Crippen molar-refractivity contribution < 1.29 is 4.42 Å². The number of para-hydroxylation sites is 1. The first-order chi connectivity index (χ1) is 72.1. The lowest BCUT2D eigenvalue weighted by Gasteiger charge is -2.48. The monoisotopic (exact) mass is 1950 g/mol. The molecule has 0 unspecified atom stereocenters. The summed E-state index contributed by atoms with van der Waals surface area (Å²) in [6.45, 7) is 43.2. The van der Waals surface area contributed by atoms with E-state index in [1.807, 2.05) is 17.4 Å². The molecule has 730 valence electrons. The minimum absolute atomic E-state index is 0.0310. The molecule has 6 aliphatic carbocycles. The average molecular weight is 1960 g/mol. The summed E-state index contributed by atoms with van der Waals surface area (Å²) in [6.07, 6.45) is 0. The normalized spacial score (nSPS) is 16.1. The van der Waals surface area contributed by atoms with Gasteiger partial charge in [-0.25, -0.2) is 0 Å². The van der Waals surface area contributed by atoms with Gasteiger partial charge in [0.25, 0.3) is 0 Å². The van der Waals surface area contributed by atoms with Crippen LogP contribution >= 0.6 is 11.3 Å². The maximum Gasteiger partial charge on any atom is 0.137 e. The fourth-order valence-corrected chi connectivity index (χ4v) is 28.5. The molecule has 2 aromatic heterocycles.